The summed E-state index contributed by atoms with van der Waals surface area (Å²) in [7, 11) is 3.29. The molecule has 1 saturated heterocycles. The van der Waals surface area contributed by atoms with Gasteiger partial charge in [-0.05, 0) is 35.9 Å². The maximum Gasteiger partial charge on any atom is 0.321 e. The molecular weight excluding hydrogens is 416 g/mol. The Labute approximate surface area is 193 Å². The molecule has 0 saturated carbocycles. The van der Waals surface area contributed by atoms with Crippen LogP contribution in [0.15, 0.2) is 54.7 Å². The predicted molar refractivity (Wildman–Crippen MR) is 127 cm³/mol. The number of anilines is 2. The summed E-state index contributed by atoms with van der Waals surface area (Å²) in [5.74, 6) is 0.704. The third-order valence-electron chi connectivity index (χ3n) is 5.46. The monoisotopic (exact) mass is 442 g/mol. The van der Waals surface area contributed by atoms with Gasteiger partial charge < -0.3 is 19.9 Å². The van der Waals surface area contributed by atoms with E-state index in [2.05, 4.69) is 45.5 Å². The van der Waals surface area contributed by atoms with Crippen molar-refractivity contribution in [2.75, 3.05) is 50.6 Å². The third kappa shape index (κ3) is 5.45. The number of urea groups is 1. The number of amides is 2. The molecule has 0 radical (unpaired) electrons. The van der Waals surface area contributed by atoms with Gasteiger partial charge in [-0.2, -0.15) is 5.26 Å². The van der Waals surface area contributed by atoms with E-state index in [9.17, 15) is 10.1 Å². The molecule has 0 spiro atoms. The minimum atomic E-state index is -0.289. The smallest absolute Gasteiger partial charge is 0.321 e. The minimum absolute atomic E-state index is 0.289. The predicted octanol–water partition coefficient (Wildman–Crippen LogP) is 3.54. The van der Waals surface area contributed by atoms with Crippen molar-refractivity contribution >= 4 is 17.4 Å². The summed E-state index contributed by atoms with van der Waals surface area (Å²) in [6.45, 7) is 3.34. The molecule has 1 aliphatic heterocycles. The van der Waals surface area contributed by atoms with Crippen molar-refractivity contribution < 1.29 is 9.53 Å². The van der Waals surface area contributed by atoms with Crippen molar-refractivity contribution in [2.45, 2.75) is 6.42 Å². The molecular formula is C25H26N6O2. The lowest BCUT2D eigenvalue weighted by Crippen LogP contribution is -2.36. The number of carbonyl (C=O) groups excluding carboxylic acids is 1. The number of carbonyl (C=O) groups is 1. The normalized spacial score (nSPS) is 13.3. The van der Waals surface area contributed by atoms with E-state index in [0.29, 0.717) is 23.5 Å². The average Bonchev–Trinajstić information content (AvgIpc) is 2.85. The first kappa shape index (κ1) is 22.2. The number of hydrogen-bond acceptors (Lipinski definition) is 6. The Morgan fingerprint density at radius 1 is 1.15 bits per heavy atom. The maximum atomic E-state index is 11.9. The Kier molecular flexibility index (Phi) is 6.81. The van der Waals surface area contributed by atoms with Gasteiger partial charge in [-0.15, -0.1) is 0 Å². The van der Waals surface area contributed by atoms with Crippen molar-refractivity contribution in [3.8, 4) is 17.3 Å². The molecule has 1 aliphatic rings. The van der Waals surface area contributed by atoms with Crippen molar-refractivity contribution in [3.05, 3.63) is 71.7 Å². The van der Waals surface area contributed by atoms with Crippen LogP contribution < -0.4 is 10.2 Å². The van der Waals surface area contributed by atoms with Crippen LogP contribution in [-0.4, -0.2) is 61.3 Å². The van der Waals surface area contributed by atoms with Gasteiger partial charge in [0.1, 0.15) is 11.9 Å². The number of nitrogens with one attached hydrogen (secondary N) is 1. The number of morpholine rings is 1. The molecule has 2 amide bonds. The fraction of sp³-hybridized carbons (Fsp3) is 0.280. The van der Waals surface area contributed by atoms with Crippen LogP contribution >= 0.6 is 0 Å². The molecule has 8 heteroatoms. The third-order valence-corrected chi connectivity index (χ3v) is 5.46. The van der Waals surface area contributed by atoms with Gasteiger partial charge in [0.15, 0.2) is 0 Å². The van der Waals surface area contributed by atoms with E-state index in [1.807, 2.05) is 12.1 Å². The maximum absolute atomic E-state index is 11.9. The Morgan fingerprint density at radius 2 is 1.91 bits per heavy atom. The van der Waals surface area contributed by atoms with Crippen molar-refractivity contribution in [1.29, 1.82) is 5.26 Å². The van der Waals surface area contributed by atoms with Gasteiger partial charge in [0, 0.05) is 51.1 Å². The van der Waals surface area contributed by atoms with E-state index in [4.69, 9.17) is 9.72 Å². The van der Waals surface area contributed by atoms with E-state index in [0.717, 1.165) is 43.1 Å². The zero-order chi connectivity index (χ0) is 23.2. The highest BCUT2D eigenvalue weighted by molar-refractivity contribution is 5.91. The molecule has 2 aromatic carbocycles. The number of nitriles is 1. The number of ether oxygens (including phenoxy) is 1. The first-order chi connectivity index (χ1) is 16.0. The molecule has 8 nitrogen and oxygen atoms in total. The lowest BCUT2D eigenvalue weighted by molar-refractivity contribution is 0.122. The van der Waals surface area contributed by atoms with Crippen LogP contribution in [0.1, 0.15) is 17.0 Å². The molecule has 0 aliphatic carbocycles. The molecule has 1 fully saturated rings. The van der Waals surface area contributed by atoms with Crippen LogP contribution in [0, 0.1) is 11.3 Å². The first-order valence-corrected chi connectivity index (χ1v) is 10.8. The van der Waals surface area contributed by atoms with Crippen molar-refractivity contribution in [1.82, 2.24) is 14.9 Å². The Morgan fingerprint density at radius 3 is 2.61 bits per heavy atom. The van der Waals surface area contributed by atoms with Gasteiger partial charge in [0.25, 0.3) is 0 Å². The highest BCUT2D eigenvalue weighted by Crippen LogP contribution is 2.24. The van der Waals surface area contributed by atoms with Gasteiger partial charge in [-0.1, -0.05) is 18.2 Å². The van der Waals surface area contributed by atoms with Gasteiger partial charge in [0.2, 0.25) is 0 Å². The standard InChI is InChI=1S/C25H26N6O2/c1-30(2)25(32)29-22-8-5-19(16-20(22)17-26)23-9-10-27-24(28-23)15-18-3-6-21(7-4-18)31-11-13-33-14-12-31/h3-10,16H,11-15H2,1-2H3,(H,29,32). The molecule has 1 N–H and O–H groups in total. The van der Waals surface area contributed by atoms with Gasteiger partial charge >= 0.3 is 6.03 Å². The van der Waals surface area contributed by atoms with E-state index in [-0.39, 0.29) is 6.03 Å². The van der Waals surface area contributed by atoms with Gasteiger partial charge in [0.05, 0.1) is 30.2 Å². The fourth-order valence-corrected chi connectivity index (χ4v) is 3.61. The summed E-state index contributed by atoms with van der Waals surface area (Å²) >= 11 is 0. The SMILES string of the molecule is CN(C)C(=O)Nc1ccc(-c2ccnc(Cc3ccc(N4CCOCC4)cc3)n2)cc1C#N. The summed E-state index contributed by atoms with van der Waals surface area (Å²) in [6.07, 6.45) is 2.34. The highest BCUT2D eigenvalue weighted by Gasteiger charge is 2.13. The Bertz CT molecular complexity index is 1160. The summed E-state index contributed by atoms with van der Waals surface area (Å²) in [6, 6.07) is 17.5. The molecule has 4 rings (SSSR count). The number of aromatic nitrogens is 2. The summed E-state index contributed by atoms with van der Waals surface area (Å²) in [4.78, 5) is 24.8. The molecule has 3 aromatic rings. The summed E-state index contributed by atoms with van der Waals surface area (Å²) in [5, 5.41) is 12.3. The Hall–Kier alpha value is -3.96. The number of hydrogen-bond donors (Lipinski definition) is 1. The van der Waals surface area contributed by atoms with Gasteiger partial charge in [-0.25, -0.2) is 14.8 Å². The lowest BCUT2D eigenvalue weighted by atomic mass is 10.1. The lowest BCUT2D eigenvalue weighted by Gasteiger charge is -2.28. The first-order valence-electron chi connectivity index (χ1n) is 10.8. The fourth-order valence-electron chi connectivity index (χ4n) is 3.61. The molecule has 0 atom stereocenters. The average molecular weight is 443 g/mol. The van der Waals surface area contributed by atoms with Crippen LogP contribution in [-0.2, 0) is 11.2 Å². The van der Waals surface area contributed by atoms with Crippen LogP contribution in [0.25, 0.3) is 11.3 Å². The Balaban J connectivity index is 1.49. The number of rotatable bonds is 5. The largest absolute Gasteiger partial charge is 0.378 e. The van der Waals surface area contributed by atoms with Gasteiger partial charge in [-0.3, -0.25) is 0 Å². The van der Waals surface area contributed by atoms with Crippen LogP contribution in [0.4, 0.5) is 16.2 Å². The topological polar surface area (TPSA) is 94.4 Å². The van der Waals surface area contributed by atoms with Crippen LogP contribution in [0.5, 0.6) is 0 Å². The van der Waals surface area contributed by atoms with E-state index < -0.39 is 0 Å². The molecule has 2 heterocycles. The quantitative estimate of drug-likeness (QED) is 0.650. The molecule has 168 valence electrons. The molecule has 1 aromatic heterocycles. The second kappa shape index (κ2) is 10.1. The number of benzene rings is 2. The number of nitrogens with zero attached hydrogens (tertiary/aromatic N) is 5. The zero-order valence-corrected chi connectivity index (χ0v) is 18.8. The summed E-state index contributed by atoms with van der Waals surface area (Å²) in [5.41, 5.74) is 4.69. The van der Waals surface area contributed by atoms with Crippen LogP contribution in [0.2, 0.25) is 0 Å². The molecule has 0 bridgehead atoms. The van der Waals surface area contributed by atoms with Crippen LogP contribution in [0.3, 0.4) is 0 Å². The van der Waals surface area contributed by atoms with Crippen molar-refractivity contribution in [3.63, 3.8) is 0 Å². The second-order valence-corrected chi connectivity index (χ2v) is 8.00. The molecule has 0 unspecified atom stereocenters. The minimum Gasteiger partial charge on any atom is -0.378 e. The summed E-state index contributed by atoms with van der Waals surface area (Å²) < 4.78 is 5.42. The van der Waals surface area contributed by atoms with E-state index >= 15 is 0 Å². The second-order valence-electron chi connectivity index (χ2n) is 8.00. The molecule has 33 heavy (non-hydrogen) atoms. The van der Waals surface area contributed by atoms with E-state index in [1.54, 1.807) is 32.4 Å². The van der Waals surface area contributed by atoms with E-state index in [1.165, 1.54) is 10.6 Å². The van der Waals surface area contributed by atoms with Crippen molar-refractivity contribution in [2.24, 2.45) is 0 Å². The zero-order valence-electron chi connectivity index (χ0n) is 18.8. The highest BCUT2D eigenvalue weighted by atomic mass is 16.5.